The molecule has 1 rings (SSSR count). The summed E-state index contributed by atoms with van der Waals surface area (Å²) in [7, 11) is 1.23. The highest BCUT2D eigenvalue weighted by Gasteiger charge is 2.19. The van der Waals surface area contributed by atoms with Gasteiger partial charge in [0.25, 0.3) is 0 Å². The molecule has 0 aliphatic heterocycles. The van der Waals surface area contributed by atoms with E-state index in [1.807, 2.05) is 13.8 Å². The van der Waals surface area contributed by atoms with Crippen LogP contribution in [0.1, 0.15) is 24.2 Å². The van der Waals surface area contributed by atoms with Crippen LogP contribution in [0, 0.1) is 5.82 Å². The van der Waals surface area contributed by atoms with Crippen molar-refractivity contribution >= 4 is 29.5 Å². The van der Waals surface area contributed by atoms with Gasteiger partial charge < -0.3 is 14.2 Å². The van der Waals surface area contributed by atoms with Crippen molar-refractivity contribution in [2.75, 3.05) is 32.3 Å². The first-order chi connectivity index (χ1) is 10.6. The minimum atomic E-state index is -0.675. The van der Waals surface area contributed by atoms with Crippen LogP contribution in [-0.2, 0) is 14.2 Å². The van der Waals surface area contributed by atoms with Crippen molar-refractivity contribution in [3.8, 4) is 0 Å². The first-order valence-electron chi connectivity index (χ1n) is 6.89. The molecule has 7 heteroatoms. The van der Waals surface area contributed by atoms with E-state index in [0.29, 0.717) is 23.9 Å². The monoisotopic (exact) mass is 348 g/mol. The van der Waals surface area contributed by atoms with Gasteiger partial charge in [0.15, 0.2) is 12.1 Å². The van der Waals surface area contributed by atoms with Gasteiger partial charge in [-0.25, -0.2) is 9.18 Å². The zero-order chi connectivity index (χ0) is 16.5. The summed E-state index contributed by atoms with van der Waals surface area (Å²) in [6.45, 7) is 4.90. The normalized spacial score (nSPS) is 11.0. The molecule has 124 valence electrons. The van der Waals surface area contributed by atoms with Gasteiger partial charge in [0.05, 0.1) is 17.6 Å². The minimum Gasteiger partial charge on any atom is -0.465 e. The van der Waals surface area contributed by atoms with Crippen LogP contribution in [0.5, 0.6) is 0 Å². The van der Waals surface area contributed by atoms with Gasteiger partial charge >= 0.3 is 5.97 Å². The van der Waals surface area contributed by atoms with Crippen molar-refractivity contribution in [3.05, 3.63) is 23.5 Å². The average molecular weight is 348 g/mol. The predicted molar refractivity (Wildman–Crippen MR) is 87.3 cm³/mol. The summed E-state index contributed by atoms with van der Waals surface area (Å²) in [5.74, 6) is -0.675. The maximum absolute atomic E-state index is 14.4. The Morgan fingerprint density at radius 3 is 2.41 bits per heavy atom. The third-order valence-corrected chi connectivity index (χ3v) is 4.78. The molecule has 4 nitrogen and oxygen atoms in total. The van der Waals surface area contributed by atoms with E-state index >= 15 is 0 Å². The molecule has 0 heterocycles. The van der Waals surface area contributed by atoms with E-state index in [0.717, 1.165) is 4.90 Å². The van der Waals surface area contributed by atoms with E-state index in [9.17, 15) is 9.18 Å². The predicted octanol–water partition coefficient (Wildman–Crippen LogP) is 3.83. The Balaban J connectivity index is 2.91. The molecule has 0 fully saturated rings. The van der Waals surface area contributed by atoms with Gasteiger partial charge in [-0.1, -0.05) is 0 Å². The Morgan fingerprint density at radius 2 is 1.91 bits per heavy atom. The second kappa shape index (κ2) is 10.1. The molecule has 0 aliphatic carbocycles. The van der Waals surface area contributed by atoms with E-state index in [4.69, 9.17) is 9.47 Å². The third kappa shape index (κ3) is 5.15. The van der Waals surface area contributed by atoms with Crippen LogP contribution in [-0.4, -0.2) is 44.6 Å². The van der Waals surface area contributed by atoms with Crippen LogP contribution in [0.4, 0.5) is 4.39 Å². The quantitative estimate of drug-likeness (QED) is 0.384. The SMILES string of the molecule is CCOC(CSc1ccc(C(=O)OC)c(F)c1SC)OCC. The Labute approximate surface area is 139 Å². The Hall–Kier alpha value is -0.760. The molecular formula is C15H21FO4S2. The number of rotatable bonds is 9. The summed E-state index contributed by atoms with van der Waals surface area (Å²) < 4.78 is 29.9. The molecule has 0 saturated heterocycles. The molecular weight excluding hydrogens is 327 g/mol. The summed E-state index contributed by atoms with van der Waals surface area (Å²) in [6, 6.07) is 3.17. The molecule has 0 radical (unpaired) electrons. The minimum absolute atomic E-state index is 0.0534. The second-order valence-corrected chi connectivity index (χ2v) is 5.98. The molecule has 0 N–H and O–H groups in total. The Bertz CT molecular complexity index is 491. The molecule has 0 bridgehead atoms. The number of halogens is 1. The molecule has 22 heavy (non-hydrogen) atoms. The number of esters is 1. The zero-order valence-corrected chi connectivity index (χ0v) is 14.8. The van der Waals surface area contributed by atoms with E-state index in [-0.39, 0.29) is 11.9 Å². The number of methoxy groups -OCH3 is 1. The van der Waals surface area contributed by atoms with Crippen LogP contribution >= 0.6 is 23.5 Å². The lowest BCUT2D eigenvalue weighted by Crippen LogP contribution is -2.20. The number of ether oxygens (including phenoxy) is 3. The van der Waals surface area contributed by atoms with Crippen molar-refractivity contribution in [1.82, 2.24) is 0 Å². The van der Waals surface area contributed by atoms with Crippen molar-refractivity contribution in [2.24, 2.45) is 0 Å². The maximum atomic E-state index is 14.4. The lowest BCUT2D eigenvalue weighted by Gasteiger charge is -2.17. The standard InChI is InChI=1S/C15H21FO4S2/c1-5-19-12(20-6-2)9-22-11-8-7-10(15(17)18-3)13(16)14(11)21-4/h7-8,12H,5-6,9H2,1-4H3. The summed E-state index contributed by atoms with van der Waals surface area (Å²) in [4.78, 5) is 12.7. The number of benzene rings is 1. The first kappa shape index (κ1) is 19.3. The molecule has 0 spiro atoms. The van der Waals surface area contributed by atoms with Crippen LogP contribution in [0.2, 0.25) is 0 Å². The van der Waals surface area contributed by atoms with E-state index in [1.54, 1.807) is 12.3 Å². The number of carbonyl (C=O) groups is 1. The highest BCUT2D eigenvalue weighted by Crippen LogP contribution is 2.34. The van der Waals surface area contributed by atoms with Gasteiger partial charge in [0.1, 0.15) is 0 Å². The van der Waals surface area contributed by atoms with Crippen LogP contribution in [0.25, 0.3) is 0 Å². The fraction of sp³-hybridized carbons (Fsp3) is 0.533. The summed E-state index contributed by atoms with van der Waals surface area (Å²) in [5.41, 5.74) is -0.0534. The molecule has 1 aromatic rings. The number of carbonyl (C=O) groups excluding carboxylic acids is 1. The van der Waals surface area contributed by atoms with Crippen molar-refractivity contribution in [2.45, 2.75) is 29.9 Å². The van der Waals surface area contributed by atoms with Gasteiger partial charge in [-0.05, 0) is 32.2 Å². The van der Waals surface area contributed by atoms with Gasteiger partial charge in [-0.2, -0.15) is 0 Å². The second-order valence-electron chi connectivity index (χ2n) is 4.10. The van der Waals surface area contributed by atoms with E-state index < -0.39 is 11.8 Å². The van der Waals surface area contributed by atoms with Crippen LogP contribution < -0.4 is 0 Å². The highest BCUT2D eigenvalue weighted by atomic mass is 32.2. The highest BCUT2D eigenvalue weighted by molar-refractivity contribution is 8.02. The first-order valence-corrected chi connectivity index (χ1v) is 9.10. The third-order valence-electron chi connectivity index (χ3n) is 2.75. The fourth-order valence-corrected chi connectivity index (χ4v) is 3.66. The van der Waals surface area contributed by atoms with Crippen LogP contribution in [0.15, 0.2) is 21.9 Å². The van der Waals surface area contributed by atoms with Gasteiger partial charge in [0, 0.05) is 23.9 Å². The fourth-order valence-electron chi connectivity index (χ4n) is 1.78. The topological polar surface area (TPSA) is 44.8 Å². The largest absolute Gasteiger partial charge is 0.465 e. The zero-order valence-electron chi connectivity index (χ0n) is 13.2. The lowest BCUT2D eigenvalue weighted by atomic mass is 10.2. The number of hydrogen-bond acceptors (Lipinski definition) is 6. The lowest BCUT2D eigenvalue weighted by molar-refractivity contribution is -0.120. The molecule has 0 saturated carbocycles. The smallest absolute Gasteiger partial charge is 0.340 e. The summed E-state index contributed by atoms with van der Waals surface area (Å²) in [5, 5.41) is 0. The summed E-state index contributed by atoms with van der Waals surface area (Å²) in [6.07, 6.45) is 1.43. The van der Waals surface area contributed by atoms with Gasteiger partial charge in [-0.3, -0.25) is 0 Å². The van der Waals surface area contributed by atoms with Gasteiger partial charge in [0.2, 0.25) is 0 Å². The molecule has 0 unspecified atom stereocenters. The van der Waals surface area contributed by atoms with Crippen molar-refractivity contribution < 1.29 is 23.4 Å². The van der Waals surface area contributed by atoms with Crippen LogP contribution in [0.3, 0.4) is 0 Å². The van der Waals surface area contributed by atoms with E-state index in [1.165, 1.54) is 36.7 Å². The molecule has 0 amide bonds. The summed E-state index contributed by atoms with van der Waals surface area (Å²) >= 11 is 2.70. The number of hydrogen-bond donors (Lipinski definition) is 0. The Kier molecular flexibility index (Phi) is 8.85. The maximum Gasteiger partial charge on any atom is 0.340 e. The number of thioether (sulfide) groups is 2. The molecule has 0 atom stereocenters. The van der Waals surface area contributed by atoms with E-state index in [2.05, 4.69) is 4.74 Å². The van der Waals surface area contributed by atoms with Crippen molar-refractivity contribution in [3.63, 3.8) is 0 Å². The molecule has 0 aliphatic rings. The van der Waals surface area contributed by atoms with Crippen molar-refractivity contribution in [1.29, 1.82) is 0 Å². The molecule has 0 aromatic heterocycles. The van der Waals surface area contributed by atoms with Gasteiger partial charge in [-0.15, -0.1) is 23.5 Å². The average Bonchev–Trinajstić information content (AvgIpc) is 2.52. The molecule has 1 aromatic carbocycles. The Morgan fingerprint density at radius 1 is 1.27 bits per heavy atom.